The number of ether oxygens (including phenoxy) is 1. The van der Waals surface area contributed by atoms with Crippen molar-refractivity contribution >= 4 is 25.5 Å². The summed E-state index contributed by atoms with van der Waals surface area (Å²) in [7, 11) is -5.99. The predicted octanol–water partition coefficient (Wildman–Crippen LogP) is 2.60. The Kier molecular flexibility index (Phi) is 5.19. The molecule has 2 rings (SSSR count). The maximum absolute atomic E-state index is 12.4. The minimum atomic E-state index is -3.80. The van der Waals surface area contributed by atoms with E-state index >= 15 is 0 Å². The molecule has 0 heterocycles. The van der Waals surface area contributed by atoms with E-state index in [4.69, 9.17) is 4.74 Å². The van der Waals surface area contributed by atoms with Crippen LogP contribution in [0, 0.1) is 6.92 Å². The van der Waals surface area contributed by atoms with Crippen LogP contribution >= 0.6 is 0 Å². The van der Waals surface area contributed by atoms with Crippen LogP contribution in [-0.2, 0) is 19.9 Å². The first-order valence-electron chi connectivity index (χ1n) is 7.20. The van der Waals surface area contributed by atoms with Gasteiger partial charge in [0.15, 0.2) is 9.84 Å². The van der Waals surface area contributed by atoms with E-state index in [1.54, 1.807) is 12.1 Å². The average molecular weight is 369 g/mol. The molecule has 0 aliphatic heterocycles. The summed E-state index contributed by atoms with van der Waals surface area (Å²) >= 11 is 0. The summed E-state index contributed by atoms with van der Waals surface area (Å²) in [5.41, 5.74) is 1.10. The lowest BCUT2D eigenvalue weighted by Crippen LogP contribution is -2.14. The third-order valence-corrected chi connectivity index (χ3v) is 6.61. The molecule has 0 saturated heterocycles. The molecule has 2 aromatic carbocycles. The molecule has 0 unspecified atom stereocenters. The van der Waals surface area contributed by atoms with Gasteiger partial charge in [-0.15, -0.1) is 0 Å². The molecule has 2 aromatic rings. The van der Waals surface area contributed by atoms with Gasteiger partial charge in [-0.3, -0.25) is 4.72 Å². The number of rotatable bonds is 6. The molecule has 24 heavy (non-hydrogen) atoms. The summed E-state index contributed by atoms with van der Waals surface area (Å²) in [6.07, 6.45) is 0. The van der Waals surface area contributed by atoms with Crippen LogP contribution < -0.4 is 9.46 Å². The van der Waals surface area contributed by atoms with Crippen LogP contribution in [0.5, 0.6) is 5.75 Å². The Hall–Kier alpha value is -2.06. The van der Waals surface area contributed by atoms with Crippen molar-refractivity contribution in [3.05, 3.63) is 48.0 Å². The number of anilines is 1. The molecule has 1 N–H and O–H groups in total. The molecule has 8 heteroatoms. The van der Waals surface area contributed by atoms with Gasteiger partial charge in [-0.05, 0) is 37.3 Å². The Labute approximate surface area is 142 Å². The highest BCUT2D eigenvalue weighted by molar-refractivity contribution is 7.92. The molecular formula is C16H19NO5S2. The number of hydrogen-bond acceptors (Lipinski definition) is 5. The number of nitrogens with one attached hydrogen (secondary N) is 1. The second-order valence-corrected chi connectivity index (χ2v) is 9.12. The highest BCUT2D eigenvalue weighted by Gasteiger charge is 2.20. The van der Waals surface area contributed by atoms with Crippen LogP contribution in [0.15, 0.2) is 52.3 Å². The van der Waals surface area contributed by atoms with Gasteiger partial charge in [-0.25, -0.2) is 16.8 Å². The SMILES string of the molecule is CCS(=O)(=O)c1cc(NS(=O)(=O)c2ccc(C)cc2)ccc1OC. The third-order valence-electron chi connectivity index (χ3n) is 3.46. The highest BCUT2D eigenvalue weighted by atomic mass is 32.2. The highest BCUT2D eigenvalue weighted by Crippen LogP contribution is 2.29. The van der Waals surface area contributed by atoms with Crippen LogP contribution in [0.4, 0.5) is 5.69 Å². The molecule has 0 aliphatic rings. The lowest BCUT2D eigenvalue weighted by Gasteiger charge is -2.12. The van der Waals surface area contributed by atoms with Gasteiger partial charge >= 0.3 is 0 Å². The predicted molar refractivity (Wildman–Crippen MR) is 92.7 cm³/mol. The smallest absolute Gasteiger partial charge is 0.261 e. The zero-order valence-corrected chi connectivity index (χ0v) is 15.2. The van der Waals surface area contributed by atoms with Gasteiger partial charge < -0.3 is 4.74 Å². The summed E-state index contributed by atoms with van der Waals surface area (Å²) in [5.74, 6) is 0.0625. The van der Waals surface area contributed by atoms with Crippen molar-refractivity contribution in [3.8, 4) is 5.75 Å². The van der Waals surface area contributed by atoms with Gasteiger partial charge in [0.05, 0.1) is 23.4 Å². The molecule has 0 fully saturated rings. The summed E-state index contributed by atoms with van der Waals surface area (Å²) in [6.45, 7) is 3.37. The van der Waals surface area contributed by atoms with E-state index in [1.807, 2.05) is 6.92 Å². The van der Waals surface area contributed by atoms with Gasteiger partial charge in [0, 0.05) is 0 Å². The number of aryl methyl sites for hydroxylation is 1. The van der Waals surface area contributed by atoms with E-state index in [0.717, 1.165) is 5.56 Å². The molecular weight excluding hydrogens is 350 g/mol. The molecule has 0 radical (unpaired) electrons. The van der Waals surface area contributed by atoms with E-state index in [-0.39, 0.29) is 27.0 Å². The molecule has 6 nitrogen and oxygen atoms in total. The maximum atomic E-state index is 12.4. The zero-order valence-electron chi connectivity index (χ0n) is 13.6. The van der Waals surface area contributed by atoms with Gasteiger partial charge in [-0.2, -0.15) is 0 Å². The minimum Gasteiger partial charge on any atom is -0.495 e. The average Bonchev–Trinajstić information content (AvgIpc) is 2.55. The maximum Gasteiger partial charge on any atom is 0.261 e. The summed E-state index contributed by atoms with van der Waals surface area (Å²) < 4.78 is 56.6. The Bertz CT molecular complexity index is 933. The lowest BCUT2D eigenvalue weighted by molar-refractivity contribution is 0.403. The quantitative estimate of drug-likeness (QED) is 0.845. The monoisotopic (exact) mass is 369 g/mol. The van der Waals surface area contributed by atoms with Crippen LogP contribution in [0.2, 0.25) is 0 Å². The van der Waals surface area contributed by atoms with Gasteiger partial charge in [0.2, 0.25) is 0 Å². The van der Waals surface area contributed by atoms with Gasteiger partial charge in [0.25, 0.3) is 10.0 Å². The summed E-state index contributed by atoms with van der Waals surface area (Å²) in [5, 5.41) is 0. The van der Waals surface area contributed by atoms with E-state index < -0.39 is 19.9 Å². The first-order chi connectivity index (χ1) is 11.2. The number of benzene rings is 2. The third kappa shape index (κ3) is 3.88. The summed E-state index contributed by atoms with van der Waals surface area (Å²) in [6, 6.07) is 10.5. The van der Waals surface area contributed by atoms with E-state index in [9.17, 15) is 16.8 Å². The first kappa shape index (κ1) is 18.3. The van der Waals surface area contributed by atoms with Crippen LogP contribution in [-0.4, -0.2) is 29.7 Å². The Morgan fingerprint density at radius 1 is 1.00 bits per heavy atom. The van der Waals surface area contributed by atoms with Crippen molar-refractivity contribution in [2.75, 3.05) is 17.6 Å². The van der Waals surface area contributed by atoms with Crippen molar-refractivity contribution in [3.63, 3.8) is 0 Å². The van der Waals surface area contributed by atoms with Crippen molar-refractivity contribution in [1.29, 1.82) is 0 Å². The van der Waals surface area contributed by atoms with Crippen molar-refractivity contribution in [2.45, 2.75) is 23.6 Å². The Balaban J connectivity index is 2.43. The molecule has 0 amide bonds. The van der Waals surface area contributed by atoms with Crippen molar-refractivity contribution < 1.29 is 21.6 Å². The van der Waals surface area contributed by atoms with Crippen molar-refractivity contribution in [2.24, 2.45) is 0 Å². The minimum absolute atomic E-state index is 0.0448. The van der Waals surface area contributed by atoms with Crippen LogP contribution in [0.1, 0.15) is 12.5 Å². The lowest BCUT2D eigenvalue weighted by atomic mass is 10.2. The summed E-state index contributed by atoms with van der Waals surface area (Å²) in [4.78, 5) is 0.0559. The molecule has 0 bridgehead atoms. The van der Waals surface area contributed by atoms with Crippen LogP contribution in [0.3, 0.4) is 0 Å². The number of sulfonamides is 1. The van der Waals surface area contributed by atoms with E-state index in [2.05, 4.69) is 4.72 Å². The fourth-order valence-electron chi connectivity index (χ4n) is 2.07. The van der Waals surface area contributed by atoms with E-state index in [1.165, 1.54) is 44.4 Å². The van der Waals surface area contributed by atoms with Gasteiger partial charge in [0.1, 0.15) is 10.6 Å². The number of hydrogen-bond donors (Lipinski definition) is 1. The molecule has 0 aliphatic carbocycles. The molecule has 0 spiro atoms. The molecule has 130 valence electrons. The van der Waals surface area contributed by atoms with E-state index in [0.29, 0.717) is 0 Å². The molecule has 0 atom stereocenters. The normalized spacial score (nSPS) is 12.0. The number of methoxy groups -OCH3 is 1. The Morgan fingerprint density at radius 2 is 1.62 bits per heavy atom. The van der Waals surface area contributed by atoms with Crippen LogP contribution in [0.25, 0.3) is 0 Å². The zero-order chi connectivity index (χ0) is 18.0. The standard InChI is InChI=1S/C16H19NO5S2/c1-4-23(18,19)16-11-13(7-10-15(16)22-3)17-24(20,21)14-8-5-12(2)6-9-14/h5-11,17H,4H2,1-3H3. The second-order valence-electron chi connectivity index (χ2n) is 5.19. The number of sulfone groups is 1. The Morgan fingerprint density at radius 3 is 2.17 bits per heavy atom. The second kappa shape index (κ2) is 6.82. The topological polar surface area (TPSA) is 89.5 Å². The molecule has 0 aromatic heterocycles. The molecule has 0 saturated carbocycles. The fraction of sp³-hybridized carbons (Fsp3) is 0.250. The first-order valence-corrected chi connectivity index (χ1v) is 10.3. The largest absolute Gasteiger partial charge is 0.495 e. The van der Waals surface area contributed by atoms with Crippen molar-refractivity contribution in [1.82, 2.24) is 0 Å². The van der Waals surface area contributed by atoms with Gasteiger partial charge in [-0.1, -0.05) is 24.6 Å². The fourth-order valence-corrected chi connectivity index (χ4v) is 4.20.